The Bertz CT molecular complexity index is 221. The minimum atomic E-state index is 0.971. The summed E-state index contributed by atoms with van der Waals surface area (Å²) in [4.78, 5) is 0. The van der Waals surface area contributed by atoms with E-state index in [-0.39, 0.29) is 0 Å². The van der Waals surface area contributed by atoms with E-state index in [1.165, 1.54) is 44.9 Å². The van der Waals surface area contributed by atoms with E-state index in [1.807, 2.05) is 0 Å². The van der Waals surface area contributed by atoms with Crippen LogP contribution in [0.4, 0.5) is 0 Å². The Balaban J connectivity index is 0.000000143. The topological polar surface area (TPSA) is 0 Å². The molecule has 0 aromatic carbocycles. The molecule has 3 saturated carbocycles. The molecule has 0 aromatic heterocycles. The van der Waals surface area contributed by atoms with Crippen molar-refractivity contribution in [2.45, 2.75) is 68.5 Å². The van der Waals surface area contributed by atoms with Gasteiger partial charge in [-0.2, -0.15) is 0 Å². The molecular weight excluding hydrogens is 918 g/mol. The number of hydrogen-bond donors (Lipinski definition) is 0. The van der Waals surface area contributed by atoms with Crippen molar-refractivity contribution in [1.29, 1.82) is 0 Å². The molecule has 0 radical (unpaired) electrons. The molecule has 3 aliphatic carbocycles. The highest BCUT2D eigenvalue weighted by Crippen LogP contribution is 2.34. The van der Waals surface area contributed by atoms with Crippen LogP contribution in [-0.4, -0.2) is 23.5 Å². The zero-order valence-electron chi connectivity index (χ0n) is 10.7. The van der Waals surface area contributed by atoms with E-state index >= 15 is 0 Å². The Morgan fingerprint density at radius 2 is 0.789 bits per heavy atom. The first-order valence-corrected chi connectivity index (χ1v) is 14.2. The van der Waals surface area contributed by atoms with Crippen molar-refractivity contribution in [2.75, 3.05) is 0 Å². The first-order valence-electron chi connectivity index (χ1n) is 6.74. The SMILES string of the molecule is IC1CC(I)C1.IC1CCC1I.IC1CCCC1I. The average molecular weight is 938 g/mol. The fraction of sp³-hybridized carbons (Fsp3) is 1.00. The van der Waals surface area contributed by atoms with Crippen LogP contribution in [0.1, 0.15) is 44.9 Å². The number of hydrogen-bond acceptors (Lipinski definition) is 0. The predicted molar refractivity (Wildman–Crippen MR) is 139 cm³/mol. The van der Waals surface area contributed by atoms with E-state index < -0.39 is 0 Å². The van der Waals surface area contributed by atoms with Gasteiger partial charge in [-0.25, -0.2) is 0 Å². The fourth-order valence-corrected chi connectivity index (χ4v) is 9.21. The molecule has 0 spiro atoms. The van der Waals surface area contributed by atoms with E-state index in [4.69, 9.17) is 0 Å². The van der Waals surface area contributed by atoms with Gasteiger partial charge in [-0.15, -0.1) is 0 Å². The third kappa shape index (κ3) is 9.44. The van der Waals surface area contributed by atoms with Crippen LogP contribution >= 0.6 is 136 Å². The molecule has 0 saturated heterocycles. The first kappa shape index (κ1) is 21.4. The summed E-state index contributed by atoms with van der Waals surface area (Å²) in [5.41, 5.74) is 0. The van der Waals surface area contributed by atoms with E-state index in [2.05, 4.69) is 136 Å². The molecule has 3 fully saturated rings. The molecule has 3 rings (SSSR count). The van der Waals surface area contributed by atoms with Crippen LogP contribution in [0.2, 0.25) is 0 Å². The van der Waals surface area contributed by atoms with Gasteiger partial charge in [-0.3, -0.25) is 0 Å². The van der Waals surface area contributed by atoms with Crippen molar-refractivity contribution in [3.05, 3.63) is 0 Å². The third-order valence-electron chi connectivity index (χ3n) is 3.49. The molecule has 4 unspecified atom stereocenters. The molecular formula is C13H20I6. The molecule has 0 aliphatic heterocycles. The number of rotatable bonds is 0. The Hall–Kier alpha value is 4.38. The zero-order chi connectivity index (χ0) is 14.4. The molecule has 0 bridgehead atoms. The smallest absolute Gasteiger partial charge is 0.0228 e. The summed E-state index contributed by atoms with van der Waals surface area (Å²) in [6.45, 7) is 0. The summed E-state index contributed by atoms with van der Waals surface area (Å²) < 4.78 is 5.93. The molecule has 0 amide bonds. The molecule has 3 aliphatic rings. The van der Waals surface area contributed by atoms with Crippen molar-refractivity contribution >= 4 is 136 Å². The second kappa shape index (κ2) is 11.9. The number of halogens is 6. The summed E-state index contributed by atoms with van der Waals surface area (Å²) >= 11 is 15.1. The lowest BCUT2D eigenvalue weighted by Crippen LogP contribution is -2.24. The normalized spacial score (nSPS) is 43.9. The minimum absolute atomic E-state index is 0.971. The molecule has 0 heterocycles. The maximum Gasteiger partial charge on any atom is 0.0228 e. The molecule has 0 nitrogen and oxygen atoms in total. The van der Waals surface area contributed by atoms with E-state index in [0.29, 0.717) is 0 Å². The van der Waals surface area contributed by atoms with Gasteiger partial charge in [0, 0.05) is 23.5 Å². The predicted octanol–water partition coefficient (Wildman–Crippen LogP) is 7.55. The monoisotopic (exact) mass is 938 g/mol. The lowest BCUT2D eigenvalue weighted by atomic mass is 10.0. The molecule has 0 N–H and O–H groups in total. The van der Waals surface area contributed by atoms with Gasteiger partial charge in [0.15, 0.2) is 0 Å². The maximum atomic E-state index is 2.55. The summed E-state index contributed by atoms with van der Waals surface area (Å²) in [6, 6.07) is 0. The zero-order valence-corrected chi connectivity index (χ0v) is 23.6. The Labute approximate surface area is 200 Å². The quantitative estimate of drug-likeness (QED) is 0.174. The summed E-state index contributed by atoms with van der Waals surface area (Å²) in [5.74, 6) is 0. The average Bonchev–Trinajstić information content (AvgIpc) is 2.72. The van der Waals surface area contributed by atoms with E-state index in [9.17, 15) is 0 Å². The number of alkyl halides is 6. The van der Waals surface area contributed by atoms with Crippen molar-refractivity contribution in [2.24, 2.45) is 0 Å². The van der Waals surface area contributed by atoms with E-state index in [1.54, 1.807) is 0 Å². The molecule has 19 heavy (non-hydrogen) atoms. The van der Waals surface area contributed by atoms with Gasteiger partial charge in [-0.05, 0) is 38.5 Å². The minimum Gasteiger partial charge on any atom is -0.0825 e. The highest BCUT2D eigenvalue weighted by Gasteiger charge is 2.24. The Kier molecular flexibility index (Phi) is 13.4. The van der Waals surface area contributed by atoms with Crippen LogP contribution in [0.5, 0.6) is 0 Å². The van der Waals surface area contributed by atoms with E-state index in [0.717, 1.165) is 23.5 Å². The van der Waals surface area contributed by atoms with Crippen LogP contribution in [0.15, 0.2) is 0 Å². The second-order valence-corrected chi connectivity index (χ2v) is 15.2. The van der Waals surface area contributed by atoms with Crippen LogP contribution in [0.3, 0.4) is 0 Å². The summed E-state index contributed by atoms with van der Waals surface area (Å²) in [5, 5.41) is 0. The van der Waals surface area contributed by atoms with Crippen molar-refractivity contribution < 1.29 is 0 Å². The molecule has 114 valence electrons. The Morgan fingerprint density at radius 3 is 0.842 bits per heavy atom. The van der Waals surface area contributed by atoms with Crippen LogP contribution < -0.4 is 0 Å². The van der Waals surface area contributed by atoms with Gasteiger partial charge < -0.3 is 0 Å². The van der Waals surface area contributed by atoms with Crippen LogP contribution in [-0.2, 0) is 0 Å². The largest absolute Gasteiger partial charge is 0.0825 e. The van der Waals surface area contributed by atoms with Gasteiger partial charge in [0.05, 0.1) is 0 Å². The second-order valence-electron chi connectivity index (χ2n) is 5.24. The summed E-state index contributed by atoms with van der Waals surface area (Å²) in [6.07, 6.45) is 10.2. The summed E-state index contributed by atoms with van der Waals surface area (Å²) in [7, 11) is 0. The fourth-order valence-electron chi connectivity index (χ4n) is 1.77. The highest BCUT2D eigenvalue weighted by atomic mass is 127. The van der Waals surface area contributed by atoms with Gasteiger partial charge in [0.25, 0.3) is 0 Å². The van der Waals surface area contributed by atoms with Crippen LogP contribution in [0, 0.1) is 0 Å². The van der Waals surface area contributed by atoms with Gasteiger partial charge >= 0.3 is 0 Å². The lowest BCUT2D eigenvalue weighted by molar-refractivity contribution is 0.578. The third-order valence-corrected chi connectivity index (χ3v) is 14.2. The van der Waals surface area contributed by atoms with Crippen molar-refractivity contribution in [1.82, 2.24) is 0 Å². The molecule has 6 heteroatoms. The Morgan fingerprint density at radius 1 is 0.474 bits per heavy atom. The molecule has 0 aromatic rings. The highest BCUT2D eigenvalue weighted by molar-refractivity contribution is 14.1. The van der Waals surface area contributed by atoms with Gasteiger partial charge in [0.1, 0.15) is 0 Å². The standard InChI is InChI=1S/C5H8I2.2C4H6I2/c6-4-2-1-3-5(4)7;5-3-1-4(6)2-3;5-3-1-2-4(3)6/h4-5H,1-3H2;2*3-4H,1-2H2. The van der Waals surface area contributed by atoms with Gasteiger partial charge in [-0.1, -0.05) is 142 Å². The van der Waals surface area contributed by atoms with Crippen molar-refractivity contribution in [3.8, 4) is 0 Å². The van der Waals surface area contributed by atoms with Gasteiger partial charge in [0.2, 0.25) is 0 Å². The first-order chi connectivity index (χ1) is 8.90. The lowest BCUT2D eigenvalue weighted by Gasteiger charge is -2.26. The molecule has 4 atom stereocenters. The maximum absolute atomic E-state index is 2.55. The van der Waals surface area contributed by atoms with Crippen LogP contribution in [0.25, 0.3) is 0 Å². The van der Waals surface area contributed by atoms with Crippen molar-refractivity contribution in [3.63, 3.8) is 0 Å².